The normalized spacial score (nSPS) is 15.9. The lowest BCUT2D eigenvalue weighted by atomic mass is 9.74. The van der Waals surface area contributed by atoms with E-state index in [1.807, 2.05) is 0 Å². The Morgan fingerprint density at radius 2 is 1.70 bits per heavy atom. The van der Waals surface area contributed by atoms with Gasteiger partial charge in [0.1, 0.15) is 0 Å². The molecule has 1 heterocycles. The summed E-state index contributed by atoms with van der Waals surface area (Å²) in [6.45, 7) is 9.74. The first-order valence-corrected chi connectivity index (χ1v) is 9.67. The van der Waals surface area contributed by atoms with Gasteiger partial charge in [-0.25, -0.2) is 0 Å². The van der Waals surface area contributed by atoms with E-state index in [0.29, 0.717) is 19.8 Å². The second kappa shape index (κ2) is 8.53. The molecule has 0 unspecified atom stereocenters. The molecule has 3 rings (SSSR count). The SMILES string of the molecule is C=CCNC(=O)C1(Cc2ccc(-c3cc(C)cc(C)c3)cc2)CCOCC1. The molecule has 3 nitrogen and oxygen atoms in total. The fourth-order valence-corrected chi connectivity index (χ4v) is 3.95. The van der Waals surface area contributed by atoms with E-state index >= 15 is 0 Å². The van der Waals surface area contributed by atoms with Crippen molar-refractivity contribution in [1.29, 1.82) is 0 Å². The van der Waals surface area contributed by atoms with Crippen molar-refractivity contribution in [2.45, 2.75) is 33.1 Å². The fraction of sp³-hybridized carbons (Fsp3) is 0.375. The first-order chi connectivity index (χ1) is 13.0. The predicted octanol–water partition coefficient (Wildman–Crippen LogP) is 4.61. The second-order valence-corrected chi connectivity index (χ2v) is 7.64. The van der Waals surface area contributed by atoms with E-state index in [-0.39, 0.29) is 11.3 Å². The van der Waals surface area contributed by atoms with Crippen LogP contribution in [-0.2, 0) is 16.0 Å². The molecule has 1 N–H and O–H groups in total. The summed E-state index contributed by atoms with van der Waals surface area (Å²) in [6, 6.07) is 15.3. The van der Waals surface area contributed by atoms with Gasteiger partial charge in [0.15, 0.2) is 0 Å². The third-order valence-corrected chi connectivity index (χ3v) is 5.39. The van der Waals surface area contributed by atoms with E-state index in [1.165, 1.54) is 27.8 Å². The first-order valence-electron chi connectivity index (χ1n) is 9.67. The smallest absolute Gasteiger partial charge is 0.226 e. The molecule has 0 aromatic heterocycles. The van der Waals surface area contributed by atoms with E-state index in [0.717, 1.165) is 19.3 Å². The van der Waals surface area contributed by atoms with Crippen LogP contribution in [0.1, 0.15) is 29.5 Å². The number of nitrogens with one attached hydrogen (secondary N) is 1. The molecule has 142 valence electrons. The Kier molecular flexibility index (Phi) is 6.12. The minimum atomic E-state index is -0.386. The molecule has 0 bridgehead atoms. The van der Waals surface area contributed by atoms with Crippen molar-refractivity contribution in [2.75, 3.05) is 19.8 Å². The molecular formula is C24H29NO2. The Balaban J connectivity index is 1.80. The van der Waals surface area contributed by atoms with Crippen LogP contribution in [-0.4, -0.2) is 25.7 Å². The van der Waals surface area contributed by atoms with Gasteiger partial charge < -0.3 is 10.1 Å². The van der Waals surface area contributed by atoms with Crippen LogP contribution < -0.4 is 5.32 Å². The Hall–Kier alpha value is -2.39. The van der Waals surface area contributed by atoms with E-state index in [1.54, 1.807) is 6.08 Å². The predicted molar refractivity (Wildman–Crippen MR) is 111 cm³/mol. The molecule has 0 saturated carbocycles. The highest BCUT2D eigenvalue weighted by Crippen LogP contribution is 2.35. The summed E-state index contributed by atoms with van der Waals surface area (Å²) in [5, 5.41) is 3.00. The van der Waals surface area contributed by atoms with Crippen LogP contribution in [0, 0.1) is 19.3 Å². The number of rotatable bonds is 6. The molecule has 0 atom stereocenters. The van der Waals surface area contributed by atoms with Gasteiger partial charge in [0.05, 0.1) is 5.41 Å². The monoisotopic (exact) mass is 363 g/mol. The zero-order valence-electron chi connectivity index (χ0n) is 16.4. The number of hydrogen-bond donors (Lipinski definition) is 1. The summed E-state index contributed by atoms with van der Waals surface area (Å²) in [6.07, 6.45) is 3.99. The Labute approximate surface area is 162 Å². The number of carbonyl (C=O) groups is 1. The van der Waals surface area contributed by atoms with Gasteiger partial charge in [-0.15, -0.1) is 6.58 Å². The molecule has 27 heavy (non-hydrogen) atoms. The number of ether oxygens (including phenoxy) is 1. The lowest BCUT2D eigenvalue weighted by Crippen LogP contribution is -2.46. The molecule has 1 aliphatic heterocycles. The van der Waals surface area contributed by atoms with Gasteiger partial charge in [-0.1, -0.05) is 59.7 Å². The molecule has 0 spiro atoms. The lowest BCUT2D eigenvalue weighted by molar-refractivity contribution is -0.136. The summed E-state index contributed by atoms with van der Waals surface area (Å²) in [5.41, 5.74) is 5.80. The van der Waals surface area contributed by atoms with Gasteiger partial charge in [0.2, 0.25) is 5.91 Å². The zero-order valence-corrected chi connectivity index (χ0v) is 16.4. The van der Waals surface area contributed by atoms with Crippen LogP contribution in [0.4, 0.5) is 0 Å². The van der Waals surface area contributed by atoms with Crippen molar-refractivity contribution >= 4 is 5.91 Å². The van der Waals surface area contributed by atoms with Gasteiger partial charge in [0.25, 0.3) is 0 Å². The summed E-state index contributed by atoms with van der Waals surface area (Å²) >= 11 is 0. The van der Waals surface area contributed by atoms with Crippen LogP contribution in [0.25, 0.3) is 11.1 Å². The molecule has 2 aromatic carbocycles. The molecular weight excluding hydrogens is 334 g/mol. The van der Waals surface area contributed by atoms with Crippen LogP contribution in [0.2, 0.25) is 0 Å². The molecule has 1 aliphatic rings. The van der Waals surface area contributed by atoms with Crippen molar-refractivity contribution in [3.63, 3.8) is 0 Å². The molecule has 0 radical (unpaired) electrons. The average Bonchev–Trinajstić information content (AvgIpc) is 2.66. The maximum atomic E-state index is 12.8. The molecule has 1 saturated heterocycles. The largest absolute Gasteiger partial charge is 0.381 e. The van der Waals surface area contributed by atoms with Gasteiger partial charge in [-0.3, -0.25) is 4.79 Å². The van der Waals surface area contributed by atoms with E-state index < -0.39 is 0 Å². The van der Waals surface area contributed by atoms with Crippen LogP contribution in [0.15, 0.2) is 55.1 Å². The minimum Gasteiger partial charge on any atom is -0.381 e. The summed E-state index contributed by atoms with van der Waals surface area (Å²) in [5.74, 6) is 0.115. The van der Waals surface area contributed by atoms with Crippen LogP contribution in [0.3, 0.4) is 0 Å². The van der Waals surface area contributed by atoms with Gasteiger partial charge in [0, 0.05) is 19.8 Å². The molecule has 2 aromatic rings. The van der Waals surface area contributed by atoms with Crippen molar-refractivity contribution < 1.29 is 9.53 Å². The summed E-state index contributed by atoms with van der Waals surface area (Å²) in [7, 11) is 0. The maximum absolute atomic E-state index is 12.8. The van der Waals surface area contributed by atoms with Crippen LogP contribution in [0.5, 0.6) is 0 Å². The van der Waals surface area contributed by atoms with E-state index in [4.69, 9.17) is 4.74 Å². The minimum absolute atomic E-state index is 0.115. The number of aryl methyl sites for hydroxylation is 2. The number of benzene rings is 2. The highest BCUT2D eigenvalue weighted by molar-refractivity contribution is 5.83. The second-order valence-electron chi connectivity index (χ2n) is 7.64. The fourth-order valence-electron chi connectivity index (χ4n) is 3.95. The third kappa shape index (κ3) is 4.67. The van der Waals surface area contributed by atoms with Crippen molar-refractivity contribution in [3.8, 4) is 11.1 Å². The third-order valence-electron chi connectivity index (χ3n) is 5.39. The van der Waals surface area contributed by atoms with Gasteiger partial charge >= 0.3 is 0 Å². The van der Waals surface area contributed by atoms with Crippen LogP contribution >= 0.6 is 0 Å². The first kappa shape index (κ1) is 19.4. The van der Waals surface area contributed by atoms with Crippen molar-refractivity contribution in [3.05, 3.63) is 71.8 Å². The summed E-state index contributed by atoms with van der Waals surface area (Å²) in [4.78, 5) is 12.8. The Morgan fingerprint density at radius 3 is 2.30 bits per heavy atom. The maximum Gasteiger partial charge on any atom is 0.226 e. The van der Waals surface area contributed by atoms with Gasteiger partial charge in [-0.2, -0.15) is 0 Å². The Morgan fingerprint density at radius 1 is 1.07 bits per heavy atom. The molecule has 1 fully saturated rings. The Bertz CT molecular complexity index is 781. The van der Waals surface area contributed by atoms with E-state index in [2.05, 4.69) is 68.2 Å². The quantitative estimate of drug-likeness (QED) is 0.761. The van der Waals surface area contributed by atoms with E-state index in [9.17, 15) is 4.79 Å². The van der Waals surface area contributed by atoms with Gasteiger partial charge in [-0.05, 0) is 49.8 Å². The average molecular weight is 364 g/mol. The number of amides is 1. The molecule has 1 amide bonds. The van der Waals surface area contributed by atoms with Crippen molar-refractivity contribution in [1.82, 2.24) is 5.32 Å². The summed E-state index contributed by atoms with van der Waals surface area (Å²) < 4.78 is 5.52. The zero-order chi connectivity index (χ0) is 19.3. The molecule has 0 aliphatic carbocycles. The molecule has 3 heteroatoms. The standard InChI is InChI=1S/C24H29NO2/c1-4-11-25-23(26)24(9-12-27-13-10-24)17-20-5-7-21(8-6-20)22-15-18(2)14-19(3)16-22/h4-8,14-16H,1,9-13,17H2,2-3H3,(H,25,26). The number of hydrogen-bond acceptors (Lipinski definition) is 2. The topological polar surface area (TPSA) is 38.3 Å². The highest BCUT2D eigenvalue weighted by Gasteiger charge is 2.39. The lowest BCUT2D eigenvalue weighted by Gasteiger charge is -2.36. The van der Waals surface area contributed by atoms with Crippen molar-refractivity contribution in [2.24, 2.45) is 5.41 Å². The number of carbonyl (C=O) groups excluding carboxylic acids is 1. The highest BCUT2D eigenvalue weighted by atomic mass is 16.5.